The highest BCUT2D eigenvalue weighted by atomic mass is 16.6. The summed E-state index contributed by atoms with van der Waals surface area (Å²) in [5.74, 6) is 0.0813. The number of carbonyl (C=O) groups is 3. The largest absolute Gasteiger partial charge is 0.484 e. The second-order valence-electron chi connectivity index (χ2n) is 13.2. The first-order valence-electron chi connectivity index (χ1n) is 15.6. The van der Waals surface area contributed by atoms with E-state index in [0.29, 0.717) is 31.3 Å². The van der Waals surface area contributed by atoms with Crippen LogP contribution in [0.3, 0.4) is 0 Å². The lowest BCUT2D eigenvalue weighted by atomic mass is 10.1. The van der Waals surface area contributed by atoms with Gasteiger partial charge in [-0.3, -0.25) is 23.5 Å². The summed E-state index contributed by atoms with van der Waals surface area (Å²) >= 11 is 0. The first-order chi connectivity index (χ1) is 22.1. The zero-order valence-corrected chi connectivity index (χ0v) is 28.5. The predicted molar refractivity (Wildman–Crippen MR) is 178 cm³/mol. The van der Waals surface area contributed by atoms with E-state index in [1.54, 1.807) is 57.6 Å². The number of benzene rings is 1. The monoisotopic (exact) mass is 651 g/mol. The minimum atomic E-state index is -0.679. The summed E-state index contributed by atoms with van der Waals surface area (Å²) in [6, 6.07) is 6.06. The van der Waals surface area contributed by atoms with E-state index >= 15 is 0 Å². The van der Waals surface area contributed by atoms with Gasteiger partial charge in [0.2, 0.25) is 5.95 Å². The fourth-order valence-electron chi connectivity index (χ4n) is 5.21. The Morgan fingerprint density at radius 2 is 1.85 bits per heavy atom. The number of Topliss-reactive ketones (excluding diaryl/α,β-unsaturated/α-hetero) is 1. The zero-order chi connectivity index (χ0) is 34.6. The van der Waals surface area contributed by atoms with Crippen molar-refractivity contribution in [2.45, 2.75) is 72.2 Å². The number of hydrogen-bond acceptors (Lipinski definition) is 9. The van der Waals surface area contributed by atoms with Crippen molar-refractivity contribution in [3.05, 3.63) is 62.3 Å². The first-order valence-corrected chi connectivity index (χ1v) is 15.6. The van der Waals surface area contributed by atoms with Crippen LogP contribution < -0.4 is 26.2 Å². The van der Waals surface area contributed by atoms with Crippen LogP contribution in [0.4, 0.5) is 10.7 Å². The van der Waals surface area contributed by atoms with Crippen molar-refractivity contribution >= 4 is 34.9 Å². The van der Waals surface area contributed by atoms with Crippen molar-refractivity contribution in [3.8, 4) is 5.75 Å². The number of alkyl carbamates (subject to hydrolysis) is 1. The molecule has 2 aromatic heterocycles. The molecule has 47 heavy (non-hydrogen) atoms. The molecule has 3 aromatic rings. The van der Waals surface area contributed by atoms with Gasteiger partial charge in [-0.1, -0.05) is 23.8 Å². The first kappa shape index (κ1) is 35.0. The number of fused-ring (bicyclic) bond motifs is 1. The van der Waals surface area contributed by atoms with E-state index in [9.17, 15) is 24.0 Å². The van der Waals surface area contributed by atoms with Gasteiger partial charge in [-0.05, 0) is 59.6 Å². The van der Waals surface area contributed by atoms with Crippen LogP contribution in [-0.2, 0) is 29.7 Å². The molecule has 1 atom stereocenters. The van der Waals surface area contributed by atoms with E-state index < -0.39 is 35.3 Å². The molecular weight excluding hydrogens is 606 g/mol. The molecule has 1 N–H and O–H groups in total. The maximum absolute atomic E-state index is 14.0. The fraction of sp³-hybridized carbons (Fsp3) is 0.515. The average molecular weight is 652 g/mol. The fourth-order valence-corrected chi connectivity index (χ4v) is 5.21. The number of allylic oxidation sites excluding steroid dienone is 2. The van der Waals surface area contributed by atoms with Gasteiger partial charge in [-0.15, -0.1) is 0 Å². The second-order valence-corrected chi connectivity index (χ2v) is 13.2. The smallest absolute Gasteiger partial charge is 0.407 e. The second kappa shape index (κ2) is 14.3. The van der Waals surface area contributed by atoms with Gasteiger partial charge in [0, 0.05) is 52.4 Å². The number of aromatic nitrogens is 4. The molecule has 0 bridgehead atoms. The highest BCUT2D eigenvalue weighted by Gasteiger charge is 2.29. The third-order valence-electron chi connectivity index (χ3n) is 7.64. The maximum Gasteiger partial charge on any atom is 0.407 e. The topological polar surface area (TPSA) is 150 Å². The van der Waals surface area contributed by atoms with Crippen LogP contribution in [0.2, 0.25) is 0 Å². The molecule has 0 radical (unpaired) electrons. The lowest BCUT2D eigenvalue weighted by Crippen LogP contribution is -2.49. The minimum absolute atomic E-state index is 0.189. The van der Waals surface area contributed by atoms with Crippen LogP contribution in [0.15, 0.2) is 45.5 Å². The van der Waals surface area contributed by atoms with Crippen LogP contribution in [0, 0.1) is 0 Å². The Hall–Kier alpha value is -4.88. The molecule has 1 aliphatic rings. The molecular formula is C33H45N7O7. The summed E-state index contributed by atoms with van der Waals surface area (Å²) in [4.78, 5) is 73.5. The Labute approximate surface area is 273 Å². The Kier molecular flexibility index (Phi) is 10.6. The number of piperidine rings is 1. The van der Waals surface area contributed by atoms with E-state index in [4.69, 9.17) is 14.5 Å². The third-order valence-corrected chi connectivity index (χ3v) is 7.64. The van der Waals surface area contributed by atoms with Crippen LogP contribution in [-0.4, -0.2) is 86.8 Å². The number of ketones is 1. The van der Waals surface area contributed by atoms with Crippen molar-refractivity contribution in [2.24, 2.45) is 7.05 Å². The molecule has 1 aliphatic heterocycles. The van der Waals surface area contributed by atoms with E-state index in [2.05, 4.69) is 5.32 Å². The molecule has 14 nitrogen and oxygen atoms in total. The number of rotatable bonds is 10. The van der Waals surface area contributed by atoms with Crippen molar-refractivity contribution < 1.29 is 23.9 Å². The Morgan fingerprint density at radius 3 is 2.51 bits per heavy atom. The molecule has 1 aromatic carbocycles. The van der Waals surface area contributed by atoms with Crippen molar-refractivity contribution in [1.29, 1.82) is 0 Å². The van der Waals surface area contributed by atoms with Gasteiger partial charge in [0.1, 0.15) is 11.4 Å². The molecule has 1 saturated heterocycles. The highest BCUT2D eigenvalue weighted by molar-refractivity contribution is 5.96. The molecule has 3 heterocycles. The predicted octanol–water partition coefficient (Wildman–Crippen LogP) is 2.71. The molecule has 0 saturated carbocycles. The zero-order valence-electron chi connectivity index (χ0n) is 28.5. The number of anilines is 1. The molecule has 254 valence electrons. The van der Waals surface area contributed by atoms with E-state index in [1.807, 2.05) is 24.8 Å². The number of carbonyl (C=O) groups excluding carboxylic acids is 3. The molecule has 1 unspecified atom stereocenters. The van der Waals surface area contributed by atoms with E-state index in [0.717, 1.165) is 23.0 Å². The van der Waals surface area contributed by atoms with Crippen molar-refractivity contribution in [1.82, 2.24) is 28.9 Å². The third kappa shape index (κ3) is 8.48. The van der Waals surface area contributed by atoms with Gasteiger partial charge in [-0.2, -0.15) is 4.98 Å². The van der Waals surface area contributed by atoms with Crippen LogP contribution in [0.5, 0.6) is 5.75 Å². The van der Waals surface area contributed by atoms with Crippen LogP contribution in [0.25, 0.3) is 11.2 Å². The van der Waals surface area contributed by atoms with Crippen LogP contribution in [0.1, 0.15) is 57.8 Å². The lowest BCUT2D eigenvalue weighted by Gasteiger charge is -2.34. The van der Waals surface area contributed by atoms with Gasteiger partial charge < -0.3 is 29.2 Å². The summed E-state index contributed by atoms with van der Waals surface area (Å²) in [7, 11) is 4.75. The summed E-state index contributed by atoms with van der Waals surface area (Å²) in [6.07, 6.45) is 2.96. The maximum atomic E-state index is 14.0. The van der Waals surface area contributed by atoms with Gasteiger partial charge in [0.15, 0.2) is 23.6 Å². The number of aryl methyl sites for hydroxylation is 1. The molecule has 0 aliphatic carbocycles. The van der Waals surface area contributed by atoms with Gasteiger partial charge in [-0.25, -0.2) is 9.59 Å². The summed E-state index contributed by atoms with van der Waals surface area (Å²) < 4.78 is 14.9. The van der Waals surface area contributed by atoms with Crippen molar-refractivity contribution in [2.75, 3.05) is 38.7 Å². The molecule has 2 amide bonds. The van der Waals surface area contributed by atoms with E-state index in [1.165, 1.54) is 22.6 Å². The normalized spacial score (nSPS) is 14.9. The molecule has 1 fully saturated rings. The molecule has 14 heteroatoms. The summed E-state index contributed by atoms with van der Waals surface area (Å²) in [5, 5.41) is 2.94. The lowest BCUT2D eigenvalue weighted by molar-refractivity contribution is -0.130. The van der Waals surface area contributed by atoms with Crippen molar-refractivity contribution in [3.63, 3.8) is 0 Å². The number of likely N-dealkylation sites (N-methyl/N-ethyl adjacent to an activating group) is 1. The number of imidazole rings is 1. The Bertz CT molecular complexity index is 1810. The quantitative estimate of drug-likeness (QED) is 0.258. The van der Waals surface area contributed by atoms with E-state index in [-0.39, 0.29) is 35.3 Å². The SMILES string of the molecule is CC(C)=CCn1c(N2CCCC(NC(=O)OC(C)(C)C)C2)nc2c1c(=O)n(CC(=O)c1cccc(OCC(=O)N(C)C)c1)c(=O)n2C. The number of amides is 2. The van der Waals surface area contributed by atoms with Crippen LogP contribution >= 0.6 is 0 Å². The highest BCUT2D eigenvalue weighted by Crippen LogP contribution is 2.24. The van der Waals surface area contributed by atoms with Gasteiger partial charge in [0.25, 0.3) is 11.5 Å². The average Bonchev–Trinajstić information content (AvgIpc) is 3.39. The molecule has 4 rings (SSSR count). The number of ether oxygens (including phenoxy) is 2. The Morgan fingerprint density at radius 1 is 1.13 bits per heavy atom. The number of nitrogens with zero attached hydrogens (tertiary/aromatic N) is 6. The minimum Gasteiger partial charge on any atom is -0.484 e. The Balaban J connectivity index is 1.69. The van der Waals surface area contributed by atoms with Gasteiger partial charge in [0.05, 0.1) is 6.54 Å². The number of nitrogens with one attached hydrogen (secondary N) is 1. The summed E-state index contributed by atoms with van der Waals surface area (Å²) in [5.41, 5.74) is -0.313. The molecule has 0 spiro atoms. The van der Waals surface area contributed by atoms with Gasteiger partial charge >= 0.3 is 11.8 Å². The standard InChI is InChI=1S/C33H45N7O7/c1-21(2)14-16-39-27-28(35-30(39)38-15-10-12-23(18-38)34-31(44)47-33(3,4)5)37(8)32(45)40(29(27)43)19-25(41)22-11-9-13-24(17-22)46-20-26(42)36(6)7/h9,11,13-14,17,23H,10,12,15-16,18-20H2,1-8H3,(H,34,44). The number of hydrogen-bond donors (Lipinski definition) is 1. The summed E-state index contributed by atoms with van der Waals surface area (Å²) in [6.45, 7) is 9.96.